The Morgan fingerprint density at radius 3 is 2.70 bits per heavy atom. The van der Waals surface area contributed by atoms with Crippen molar-refractivity contribution in [1.82, 2.24) is 4.90 Å². The molecule has 144 valence electrons. The highest BCUT2D eigenvalue weighted by molar-refractivity contribution is 5.92. The van der Waals surface area contributed by atoms with E-state index < -0.39 is 0 Å². The summed E-state index contributed by atoms with van der Waals surface area (Å²) in [7, 11) is 0. The molecule has 1 aliphatic rings. The van der Waals surface area contributed by atoms with Crippen molar-refractivity contribution in [3.8, 4) is 0 Å². The predicted molar refractivity (Wildman–Crippen MR) is 105 cm³/mol. The first kappa shape index (κ1) is 19.5. The topological polar surface area (TPSA) is 41.6 Å². The minimum Gasteiger partial charge on any atom is -0.377 e. The van der Waals surface area contributed by atoms with Crippen LogP contribution < -0.4 is 5.32 Å². The fourth-order valence-corrected chi connectivity index (χ4v) is 3.38. The summed E-state index contributed by atoms with van der Waals surface area (Å²) in [5.74, 6) is -0.335. The quantitative estimate of drug-likeness (QED) is 0.763. The third-order valence-corrected chi connectivity index (χ3v) is 4.79. The Morgan fingerprint density at radius 2 is 2.04 bits per heavy atom. The number of aryl methyl sites for hydroxylation is 1. The molecule has 2 aromatic rings. The maximum absolute atomic E-state index is 13.5. The minimum atomic E-state index is -0.259. The average molecular weight is 370 g/mol. The predicted octanol–water partition coefficient (Wildman–Crippen LogP) is 4.01. The SMILES string of the molecule is CCc1ccc(NC(=O)CN(Cc2cccc(F)c2)CC2CCCO2)cc1. The Kier molecular flexibility index (Phi) is 6.96. The first-order valence-electron chi connectivity index (χ1n) is 9.59. The van der Waals surface area contributed by atoms with Crippen molar-refractivity contribution in [3.63, 3.8) is 0 Å². The molecule has 0 aromatic heterocycles. The molecule has 1 saturated heterocycles. The lowest BCUT2D eigenvalue weighted by Crippen LogP contribution is -2.38. The third kappa shape index (κ3) is 6.15. The molecule has 1 heterocycles. The smallest absolute Gasteiger partial charge is 0.238 e. The van der Waals surface area contributed by atoms with Crippen LogP contribution in [0.2, 0.25) is 0 Å². The average Bonchev–Trinajstić information content (AvgIpc) is 3.15. The summed E-state index contributed by atoms with van der Waals surface area (Å²) >= 11 is 0. The highest BCUT2D eigenvalue weighted by Crippen LogP contribution is 2.16. The molecular formula is C22H27FN2O2. The highest BCUT2D eigenvalue weighted by Gasteiger charge is 2.21. The summed E-state index contributed by atoms with van der Waals surface area (Å²) < 4.78 is 19.2. The zero-order valence-corrected chi connectivity index (χ0v) is 15.8. The number of carbonyl (C=O) groups excluding carboxylic acids is 1. The number of halogens is 1. The first-order valence-corrected chi connectivity index (χ1v) is 9.59. The van der Waals surface area contributed by atoms with Gasteiger partial charge in [-0.2, -0.15) is 0 Å². The van der Waals surface area contributed by atoms with Crippen LogP contribution in [0.15, 0.2) is 48.5 Å². The second kappa shape index (κ2) is 9.62. The molecule has 1 fully saturated rings. The van der Waals surface area contributed by atoms with E-state index in [1.807, 2.05) is 35.2 Å². The van der Waals surface area contributed by atoms with Crippen LogP contribution in [0.4, 0.5) is 10.1 Å². The van der Waals surface area contributed by atoms with Crippen LogP contribution in [-0.4, -0.2) is 36.6 Å². The Balaban J connectivity index is 1.62. The number of hydrogen-bond acceptors (Lipinski definition) is 3. The van der Waals surface area contributed by atoms with Gasteiger partial charge in [-0.05, 0) is 54.7 Å². The van der Waals surface area contributed by atoms with Crippen LogP contribution in [0.3, 0.4) is 0 Å². The number of hydrogen-bond donors (Lipinski definition) is 1. The number of carbonyl (C=O) groups is 1. The van der Waals surface area contributed by atoms with Gasteiger partial charge in [-0.1, -0.05) is 31.2 Å². The maximum atomic E-state index is 13.5. The standard InChI is InChI=1S/C22H27FN2O2/c1-2-17-8-10-20(11-9-17)24-22(26)16-25(15-21-7-4-12-27-21)14-18-5-3-6-19(23)13-18/h3,5-6,8-11,13,21H,2,4,7,12,14-16H2,1H3,(H,24,26). The Bertz CT molecular complexity index is 742. The monoisotopic (exact) mass is 370 g/mol. The molecule has 1 amide bonds. The van der Waals surface area contributed by atoms with E-state index in [9.17, 15) is 9.18 Å². The lowest BCUT2D eigenvalue weighted by Gasteiger charge is -2.25. The first-order chi connectivity index (χ1) is 13.1. The van der Waals surface area contributed by atoms with Crippen LogP contribution >= 0.6 is 0 Å². The number of ether oxygens (including phenoxy) is 1. The molecule has 0 aliphatic carbocycles. The molecule has 1 N–H and O–H groups in total. The highest BCUT2D eigenvalue weighted by atomic mass is 19.1. The molecule has 3 rings (SSSR count). The molecular weight excluding hydrogens is 343 g/mol. The summed E-state index contributed by atoms with van der Waals surface area (Å²) in [4.78, 5) is 14.6. The van der Waals surface area contributed by atoms with E-state index in [-0.39, 0.29) is 24.4 Å². The van der Waals surface area contributed by atoms with E-state index in [1.54, 1.807) is 6.07 Å². The lowest BCUT2D eigenvalue weighted by molar-refractivity contribution is -0.117. The molecule has 4 nitrogen and oxygen atoms in total. The summed E-state index contributed by atoms with van der Waals surface area (Å²) in [6.07, 6.45) is 3.15. The van der Waals surface area contributed by atoms with Crippen molar-refractivity contribution in [1.29, 1.82) is 0 Å². The summed E-state index contributed by atoms with van der Waals surface area (Å²) in [5, 5.41) is 2.95. The second-order valence-corrected chi connectivity index (χ2v) is 7.03. The molecule has 27 heavy (non-hydrogen) atoms. The number of nitrogens with one attached hydrogen (secondary N) is 1. The normalized spacial score (nSPS) is 16.6. The number of benzene rings is 2. The third-order valence-electron chi connectivity index (χ3n) is 4.79. The number of nitrogens with zero attached hydrogens (tertiary/aromatic N) is 1. The number of anilines is 1. The van der Waals surface area contributed by atoms with Crippen molar-refractivity contribution >= 4 is 11.6 Å². The number of rotatable bonds is 8. The van der Waals surface area contributed by atoms with E-state index in [4.69, 9.17) is 4.74 Å². The zero-order chi connectivity index (χ0) is 19.1. The van der Waals surface area contributed by atoms with Crippen LogP contribution in [0.5, 0.6) is 0 Å². The molecule has 0 bridgehead atoms. The van der Waals surface area contributed by atoms with Crippen molar-refractivity contribution in [2.75, 3.05) is 25.0 Å². The minimum absolute atomic E-state index is 0.0753. The van der Waals surface area contributed by atoms with Crippen molar-refractivity contribution in [2.45, 2.75) is 38.8 Å². The molecule has 2 aromatic carbocycles. The van der Waals surface area contributed by atoms with E-state index >= 15 is 0 Å². The van der Waals surface area contributed by atoms with E-state index in [0.717, 1.165) is 37.1 Å². The van der Waals surface area contributed by atoms with Crippen LogP contribution in [0.1, 0.15) is 30.9 Å². The van der Waals surface area contributed by atoms with Gasteiger partial charge in [-0.3, -0.25) is 9.69 Å². The molecule has 1 unspecified atom stereocenters. The molecule has 1 aliphatic heterocycles. The van der Waals surface area contributed by atoms with E-state index in [1.165, 1.54) is 17.7 Å². The van der Waals surface area contributed by atoms with Gasteiger partial charge in [-0.25, -0.2) is 4.39 Å². The Labute approximate surface area is 160 Å². The van der Waals surface area contributed by atoms with Gasteiger partial charge in [0.2, 0.25) is 5.91 Å². The molecule has 1 atom stereocenters. The van der Waals surface area contributed by atoms with Crippen molar-refractivity contribution in [3.05, 3.63) is 65.5 Å². The summed E-state index contributed by atoms with van der Waals surface area (Å²) in [6, 6.07) is 14.4. The zero-order valence-electron chi connectivity index (χ0n) is 15.8. The summed E-state index contributed by atoms with van der Waals surface area (Å²) in [5.41, 5.74) is 2.88. The van der Waals surface area contributed by atoms with Gasteiger partial charge in [0.05, 0.1) is 12.6 Å². The second-order valence-electron chi connectivity index (χ2n) is 7.03. The van der Waals surface area contributed by atoms with Gasteiger partial charge >= 0.3 is 0 Å². The molecule has 0 spiro atoms. The van der Waals surface area contributed by atoms with Crippen molar-refractivity contribution in [2.24, 2.45) is 0 Å². The molecule has 5 heteroatoms. The Hall–Kier alpha value is -2.24. The fourth-order valence-electron chi connectivity index (χ4n) is 3.38. The maximum Gasteiger partial charge on any atom is 0.238 e. The Morgan fingerprint density at radius 1 is 1.22 bits per heavy atom. The van der Waals surface area contributed by atoms with Crippen LogP contribution in [-0.2, 0) is 22.5 Å². The summed E-state index contributed by atoms with van der Waals surface area (Å²) in [6.45, 7) is 4.29. The van der Waals surface area contributed by atoms with Gasteiger partial charge in [0, 0.05) is 25.4 Å². The van der Waals surface area contributed by atoms with E-state index in [0.29, 0.717) is 13.1 Å². The van der Waals surface area contributed by atoms with Gasteiger partial charge in [0.1, 0.15) is 5.82 Å². The largest absolute Gasteiger partial charge is 0.377 e. The van der Waals surface area contributed by atoms with Crippen LogP contribution in [0.25, 0.3) is 0 Å². The van der Waals surface area contributed by atoms with Gasteiger partial charge in [0.15, 0.2) is 0 Å². The van der Waals surface area contributed by atoms with Gasteiger partial charge < -0.3 is 10.1 Å². The molecule has 0 saturated carbocycles. The van der Waals surface area contributed by atoms with Crippen molar-refractivity contribution < 1.29 is 13.9 Å². The fraction of sp³-hybridized carbons (Fsp3) is 0.409. The molecule has 0 radical (unpaired) electrons. The van der Waals surface area contributed by atoms with E-state index in [2.05, 4.69) is 12.2 Å². The van der Waals surface area contributed by atoms with Crippen LogP contribution in [0, 0.1) is 5.82 Å². The number of amides is 1. The lowest BCUT2D eigenvalue weighted by atomic mass is 10.1. The van der Waals surface area contributed by atoms with Gasteiger partial charge in [-0.15, -0.1) is 0 Å². The van der Waals surface area contributed by atoms with Gasteiger partial charge in [0.25, 0.3) is 0 Å².